The van der Waals surface area contributed by atoms with E-state index in [2.05, 4.69) is 5.32 Å². The Morgan fingerprint density at radius 1 is 1.06 bits per heavy atom. The highest BCUT2D eigenvalue weighted by atomic mass is 19.1. The summed E-state index contributed by atoms with van der Waals surface area (Å²) in [5.74, 6) is -3.68. The maximum absolute atomic E-state index is 14.1. The van der Waals surface area contributed by atoms with Crippen LogP contribution < -0.4 is 16.6 Å². The number of carboxylic acid groups (broad SMARTS) is 1. The Balaban J connectivity index is 1.81. The lowest BCUT2D eigenvalue weighted by atomic mass is 9.99. The highest BCUT2D eigenvalue weighted by molar-refractivity contribution is 6.11. The third-order valence-corrected chi connectivity index (χ3v) is 6.00. The number of pyridine rings is 1. The van der Waals surface area contributed by atoms with Crippen molar-refractivity contribution in [2.24, 2.45) is 5.92 Å². The summed E-state index contributed by atoms with van der Waals surface area (Å²) in [6, 6.07) is 11.2. The number of nitrogens with zero attached hydrogens (tertiary/aromatic N) is 1. The van der Waals surface area contributed by atoms with Crippen LogP contribution in [0, 0.1) is 17.6 Å². The fourth-order valence-corrected chi connectivity index (χ4v) is 3.78. The summed E-state index contributed by atoms with van der Waals surface area (Å²) in [6.07, 6.45) is 1.30. The lowest BCUT2D eigenvalue weighted by Crippen LogP contribution is -2.42. The molecule has 0 bridgehead atoms. The molecule has 0 spiro atoms. The second kappa shape index (κ2) is 11.1. The summed E-state index contributed by atoms with van der Waals surface area (Å²) in [5.41, 5.74) is 6.52. The van der Waals surface area contributed by atoms with Crippen LogP contribution in [0.5, 0.6) is 0 Å². The molecule has 1 heterocycles. The second-order valence-electron chi connectivity index (χ2n) is 8.33. The first-order valence-corrected chi connectivity index (χ1v) is 11.2. The molecule has 35 heavy (non-hydrogen) atoms. The number of anilines is 1. The van der Waals surface area contributed by atoms with Crippen LogP contribution in [0.1, 0.15) is 41.8 Å². The van der Waals surface area contributed by atoms with Crippen molar-refractivity contribution in [1.29, 1.82) is 0 Å². The van der Waals surface area contributed by atoms with Gasteiger partial charge in [0.2, 0.25) is 0 Å². The van der Waals surface area contributed by atoms with Gasteiger partial charge in [-0.3, -0.25) is 19.0 Å². The van der Waals surface area contributed by atoms with Crippen LogP contribution in [0.25, 0.3) is 5.69 Å². The smallest absolute Gasteiger partial charge is 0.320 e. The number of hydrogen-bond acceptors (Lipinski definition) is 5. The van der Waals surface area contributed by atoms with Gasteiger partial charge in [0.1, 0.15) is 23.5 Å². The van der Waals surface area contributed by atoms with Gasteiger partial charge in [-0.05, 0) is 54.8 Å². The van der Waals surface area contributed by atoms with Crippen LogP contribution in [-0.2, 0) is 11.2 Å². The van der Waals surface area contributed by atoms with Gasteiger partial charge in [0.15, 0.2) is 5.78 Å². The number of nitrogens with two attached hydrogens (primary N) is 1. The minimum absolute atomic E-state index is 0.0110. The Hall–Kier alpha value is -3.85. The number of rotatable bonds is 10. The van der Waals surface area contributed by atoms with E-state index in [1.165, 1.54) is 6.07 Å². The number of nitrogens with one attached hydrogen (secondary N) is 1. The van der Waals surface area contributed by atoms with Crippen LogP contribution in [0.2, 0.25) is 0 Å². The number of halogens is 2. The number of aliphatic carboxylic acids is 1. The molecular weight excluding hydrogens is 456 g/mol. The van der Waals surface area contributed by atoms with Crippen molar-refractivity contribution >= 4 is 17.6 Å². The van der Waals surface area contributed by atoms with Crippen molar-refractivity contribution in [2.75, 3.05) is 12.3 Å². The molecule has 4 N–H and O–H groups in total. The van der Waals surface area contributed by atoms with Gasteiger partial charge < -0.3 is 16.2 Å². The Labute approximate surface area is 201 Å². The number of aromatic nitrogens is 1. The SMILES string of the molecule is CCC(C)[C@H](NCCc1ccc(-n2c(N)c(C(=O)c3ccc(F)cc3F)ccc2=O)cc1)C(=O)O. The molecule has 0 saturated heterocycles. The number of benzene rings is 2. The largest absolute Gasteiger partial charge is 0.480 e. The number of carbonyl (C=O) groups excluding carboxylic acids is 1. The van der Waals surface area contributed by atoms with E-state index in [1.807, 2.05) is 13.8 Å². The minimum Gasteiger partial charge on any atom is -0.480 e. The Bertz CT molecular complexity index is 1290. The van der Waals surface area contributed by atoms with Crippen molar-refractivity contribution in [3.05, 3.63) is 93.3 Å². The highest BCUT2D eigenvalue weighted by Gasteiger charge is 2.22. The quantitative estimate of drug-likeness (QED) is 0.380. The molecule has 0 radical (unpaired) electrons. The van der Waals surface area contributed by atoms with Crippen molar-refractivity contribution in [2.45, 2.75) is 32.7 Å². The Kier molecular flexibility index (Phi) is 8.14. The van der Waals surface area contributed by atoms with Crippen molar-refractivity contribution < 1.29 is 23.5 Å². The molecule has 0 fully saturated rings. The molecule has 0 aliphatic heterocycles. The van der Waals surface area contributed by atoms with Gasteiger partial charge in [-0.15, -0.1) is 0 Å². The van der Waals surface area contributed by atoms with E-state index in [4.69, 9.17) is 5.73 Å². The van der Waals surface area contributed by atoms with E-state index in [0.29, 0.717) is 24.7 Å². The van der Waals surface area contributed by atoms with Gasteiger partial charge in [-0.25, -0.2) is 8.78 Å². The second-order valence-corrected chi connectivity index (χ2v) is 8.33. The zero-order valence-electron chi connectivity index (χ0n) is 19.4. The first kappa shape index (κ1) is 25.8. The molecule has 1 aromatic heterocycles. The third kappa shape index (κ3) is 5.81. The molecule has 2 aromatic carbocycles. The summed E-state index contributed by atoms with van der Waals surface area (Å²) in [4.78, 5) is 36.8. The summed E-state index contributed by atoms with van der Waals surface area (Å²) < 4.78 is 28.5. The van der Waals surface area contributed by atoms with E-state index in [9.17, 15) is 28.3 Å². The molecule has 0 amide bonds. The average molecular weight is 484 g/mol. The first-order chi connectivity index (χ1) is 16.6. The van der Waals surface area contributed by atoms with E-state index in [0.717, 1.165) is 34.8 Å². The molecule has 3 rings (SSSR count). The number of ketones is 1. The monoisotopic (exact) mass is 483 g/mol. The third-order valence-electron chi connectivity index (χ3n) is 6.00. The van der Waals surface area contributed by atoms with E-state index >= 15 is 0 Å². The number of nitrogen functional groups attached to an aromatic ring is 1. The van der Waals surface area contributed by atoms with Gasteiger partial charge >= 0.3 is 5.97 Å². The van der Waals surface area contributed by atoms with Crippen LogP contribution in [0.4, 0.5) is 14.6 Å². The zero-order valence-corrected chi connectivity index (χ0v) is 19.4. The van der Waals surface area contributed by atoms with Crippen LogP contribution in [0.3, 0.4) is 0 Å². The van der Waals surface area contributed by atoms with Crippen LogP contribution in [0.15, 0.2) is 59.4 Å². The lowest BCUT2D eigenvalue weighted by molar-refractivity contribution is -0.140. The summed E-state index contributed by atoms with van der Waals surface area (Å²) >= 11 is 0. The number of carboxylic acids is 1. The predicted molar refractivity (Wildman–Crippen MR) is 129 cm³/mol. The number of hydrogen-bond donors (Lipinski definition) is 3. The molecule has 3 aromatic rings. The maximum atomic E-state index is 14.1. The Morgan fingerprint density at radius 3 is 2.31 bits per heavy atom. The number of carbonyl (C=O) groups is 2. The molecule has 2 atom stereocenters. The van der Waals surface area contributed by atoms with Crippen molar-refractivity contribution in [3.63, 3.8) is 0 Å². The molecule has 7 nitrogen and oxygen atoms in total. The molecule has 0 aliphatic carbocycles. The molecule has 0 aliphatic rings. The van der Waals surface area contributed by atoms with Gasteiger partial charge in [0, 0.05) is 12.1 Å². The van der Waals surface area contributed by atoms with Crippen molar-refractivity contribution in [3.8, 4) is 5.69 Å². The molecule has 1 unspecified atom stereocenters. The van der Waals surface area contributed by atoms with Gasteiger partial charge in [0.05, 0.1) is 16.8 Å². The maximum Gasteiger partial charge on any atom is 0.320 e. The lowest BCUT2D eigenvalue weighted by Gasteiger charge is -2.20. The van der Waals surface area contributed by atoms with Crippen molar-refractivity contribution in [1.82, 2.24) is 9.88 Å². The predicted octanol–water partition coefficient (Wildman–Crippen LogP) is 3.56. The van der Waals surface area contributed by atoms with Crippen LogP contribution >= 0.6 is 0 Å². The molecular formula is C26H27F2N3O4. The van der Waals surface area contributed by atoms with Gasteiger partial charge in [-0.2, -0.15) is 0 Å². The topological polar surface area (TPSA) is 114 Å². The van der Waals surface area contributed by atoms with Gasteiger partial charge in [-0.1, -0.05) is 32.4 Å². The van der Waals surface area contributed by atoms with Gasteiger partial charge in [0.25, 0.3) is 5.56 Å². The van der Waals surface area contributed by atoms with Crippen LogP contribution in [-0.4, -0.2) is 34.0 Å². The Morgan fingerprint density at radius 2 is 1.71 bits per heavy atom. The summed E-state index contributed by atoms with van der Waals surface area (Å²) in [5, 5.41) is 12.4. The summed E-state index contributed by atoms with van der Waals surface area (Å²) in [7, 11) is 0. The molecule has 184 valence electrons. The molecule has 9 heteroatoms. The minimum atomic E-state index is -1.02. The average Bonchev–Trinajstić information content (AvgIpc) is 2.82. The normalized spacial score (nSPS) is 12.8. The standard InChI is InChI=1S/C26H27F2N3O4/c1-3-15(2)23(26(34)35)30-13-12-16-4-7-18(8-5-16)31-22(32)11-10-20(25(31)29)24(33)19-9-6-17(27)14-21(19)28/h4-11,14-15,23,30H,3,12-13,29H2,1-2H3,(H,34,35)/t15?,23-/m0/s1. The molecule has 0 saturated carbocycles. The highest BCUT2D eigenvalue weighted by Crippen LogP contribution is 2.21. The first-order valence-electron chi connectivity index (χ1n) is 11.2. The van der Waals surface area contributed by atoms with E-state index < -0.39 is 35.0 Å². The fourth-order valence-electron chi connectivity index (χ4n) is 3.78. The zero-order chi connectivity index (χ0) is 25.7. The van der Waals surface area contributed by atoms with E-state index in [-0.39, 0.29) is 22.9 Å². The summed E-state index contributed by atoms with van der Waals surface area (Å²) in [6.45, 7) is 4.27. The fraction of sp³-hybridized carbons (Fsp3) is 0.269. The van der Waals surface area contributed by atoms with E-state index in [1.54, 1.807) is 24.3 Å².